The SMILES string of the molecule is O=C(O)c1cc(Br)cc(Oc2c(F)cccc2[N+](=O)[O-])c1. The van der Waals surface area contributed by atoms with E-state index in [1.54, 1.807) is 0 Å². The highest BCUT2D eigenvalue weighted by Gasteiger charge is 2.20. The second-order valence-corrected chi connectivity index (χ2v) is 4.84. The second kappa shape index (κ2) is 5.88. The molecule has 0 heterocycles. The largest absolute Gasteiger partial charge is 0.478 e. The number of nitro groups is 1. The van der Waals surface area contributed by atoms with Crippen molar-refractivity contribution >= 4 is 27.6 Å². The first-order valence-corrected chi connectivity index (χ1v) is 6.32. The van der Waals surface area contributed by atoms with E-state index in [1.807, 2.05) is 0 Å². The first kappa shape index (κ1) is 14.9. The van der Waals surface area contributed by atoms with E-state index in [4.69, 9.17) is 9.84 Å². The number of nitro benzene ring substituents is 1. The second-order valence-electron chi connectivity index (χ2n) is 3.93. The number of nitrogens with zero attached hydrogens (tertiary/aromatic N) is 1. The normalized spacial score (nSPS) is 10.2. The van der Waals surface area contributed by atoms with Crippen molar-refractivity contribution in [3.63, 3.8) is 0 Å². The number of carbonyl (C=O) groups is 1. The van der Waals surface area contributed by atoms with Gasteiger partial charge in [0.05, 0.1) is 10.5 Å². The van der Waals surface area contributed by atoms with Gasteiger partial charge in [-0.2, -0.15) is 0 Å². The van der Waals surface area contributed by atoms with Gasteiger partial charge in [0.15, 0.2) is 5.82 Å². The van der Waals surface area contributed by atoms with Gasteiger partial charge in [-0.1, -0.05) is 22.0 Å². The van der Waals surface area contributed by atoms with Gasteiger partial charge in [-0.15, -0.1) is 0 Å². The van der Waals surface area contributed by atoms with Gasteiger partial charge in [0, 0.05) is 10.5 Å². The van der Waals surface area contributed by atoms with E-state index in [-0.39, 0.29) is 11.3 Å². The Labute approximate surface area is 126 Å². The van der Waals surface area contributed by atoms with E-state index >= 15 is 0 Å². The van der Waals surface area contributed by atoms with Gasteiger partial charge in [-0.25, -0.2) is 9.18 Å². The van der Waals surface area contributed by atoms with Gasteiger partial charge in [0.1, 0.15) is 5.75 Å². The van der Waals surface area contributed by atoms with Gasteiger partial charge in [-0.05, 0) is 24.3 Å². The van der Waals surface area contributed by atoms with Gasteiger partial charge >= 0.3 is 11.7 Å². The zero-order valence-electron chi connectivity index (χ0n) is 10.2. The Bertz CT molecular complexity index is 734. The van der Waals surface area contributed by atoms with Crippen LogP contribution in [0.1, 0.15) is 10.4 Å². The first-order valence-electron chi connectivity index (χ1n) is 5.53. The molecule has 2 aromatic rings. The zero-order valence-corrected chi connectivity index (χ0v) is 11.8. The summed E-state index contributed by atoms with van der Waals surface area (Å²) in [6, 6.07) is 7.13. The lowest BCUT2D eigenvalue weighted by atomic mass is 10.2. The number of rotatable bonds is 4. The highest BCUT2D eigenvalue weighted by atomic mass is 79.9. The summed E-state index contributed by atoms with van der Waals surface area (Å²) in [5.41, 5.74) is -0.648. The van der Waals surface area contributed by atoms with E-state index in [0.717, 1.165) is 18.2 Å². The van der Waals surface area contributed by atoms with Crippen molar-refractivity contribution < 1.29 is 24.0 Å². The molecule has 0 saturated heterocycles. The molecule has 0 bridgehead atoms. The van der Waals surface area contributed by atoms with Gasteiger partial charge < -0.3 is 9.84 Å². The summed E-state index contributed by atoms with van der Waals surface area (Å²) in [6.07, 6.45) is 0. The summed E-state index contributed by atoms with van der Waals surface area (Å²) in [5, 5.41) is 19.8. The van der Waals surface area contributed by atoms with Crippen LogP contribution in [0.3, 0.4) is 0 Å². The van der Waals surface area contributed by atoms with Gasteiger partial charge in [-0.3, -0.25) is 10.1 Å². The fraction of sp³-hybridized carbons (Fsp3) is 0. The Morgan fingerprint density at radius 2 is 2.05 bits per heavy atom. The molecule has 1 N–H and O–H groups in total. The molecule has 0 amide bonds. The van der Waals surface area contributed by atoms with Crippen molar-refractivity contribution in [3.05, 3.63) is 62.4 Å². The molecule has 0 aliphatic carbocycles. The maximum Gasteiger partial charge on any atom is 0.335 e. The average Bonchev–Trinajstić information content (AvgIpc) is 2.40. The topological polar surface area (TPSA) is 89.7 Å². The predicted molar refractivity (Wildman–Crippen MR) is 74.2 cm³/mol. The Kier molecular flexibility index (Phi) is 4.18. The molecule has 0 saturated carbocycles. The standard InChI is InChI=1S/C13H7BrFNO5/c14-8-4-7(13(17)18)5-9(6-8)21-12-10(15)2-1-3-11(12)16(19)20/h1-6H,(H,17,18). The van der Waals surface area contributed by atoms with Crippen LogP contribution >= 0.6 is 15.9 Å². The molecule has 0 radical (unpaired) electrons. The van der Waals surface area contributed by atoms with E-state index in [1.165, 1.54) is 18.2 Å². The number of halogens is 2. The predicted octanol–water partition coefficient (Wildman–Crippen LogP) is 3.99. The number of hydrogen-bond donors (Lipinski definition) is 1. The Hall–Kier alpha value is -2.48. The lowest BCUT2D eigenvalue weighted by Crippen LogP contribution is -1.99. The number of carboxylic acid groups (broad SMARTS) is 1. The number of carboxylic acids is 1. The molecule has 2 rings (SSSR count). The molecule has 6 nitrogen and oxygen atoms in total. The molecule has 0 aromatic heterocycles. The summed E-state index contributed by atoms with van der Waals surface area (Å²) >= 11 is 3.09. The van der Waals surface area contributed by atoms with Crippen molar-refractivity contribution in [2.75, 3.05) is 0 Å². The molecule has 0 spiro atoms. The first-order chi connectivity index (χ1) is 9.88. The van der Waals surface area contributed by atoms with E-state index in [2.05, 4.69) is 15.9 Å². The lowest BCUT2D eigenvalue weighted by molar-refractivity contribution is -0.385. The van der Waals surface area contributed by atoms with Crippen LogP contribution in [-0.4, -0.2) is 16.0 Å². The highest BCUT2D eigenvalue weighted by Crippen LogP contribution is 2.35. The summed E-state index contributed by atoms with van der Waals surface area (Å²) in [5.74, 6) is -2.72. The number of hydrogen-bond acceptors (Lipinski definition) is 4. The van der Waals surface area contributed by atoms with Crippen LogP contribution in [0.4, 0.5) is 10.1 Å². The Morgan fingerprint density at radius 1 is 1.33 bits per heavy atom. The Balaban J connectivity index is 2.48. The third kappa shape index (κ3) is 3.34. The number of ether oxygens (including phenoxy) is 1. The molecule has 108 valence electrons. The van der Waals surface area contributed by atoms with Crippen LogP contribution in [0.5, 0.6) is 11.5 Å². The van der Waals surface area contributed by atoms with E-state index in [9.17, 15) is 19.3 Å². The van der Waals surface area contributed by atoms with Crippen LogP contribution in [0.15, 0.2) is 40.9 Å². The molecule has 0 aliphatic heterocycles. The van der Waals surface area contributed by atoms with E-state index < -0.39 is 28.1 Å². The number of aromatic carboxylic acids is 1. The number of benzene rings is 2. The molecule has 0 fully saturated rings. The highest BCUT2D eigenvalue weighted by molar-refractivity contribution is 9.10. The number of para-hydroxylation sites is 1. The lowest BCUT2D eigenvalue weighted by Gasteiger charge is -2.08. The van der Waals surface area contributed by atoms with Crippen LogP contribution in [0, 0.1) is 15.9 Å². The third-order valence-electron chi connectivity index (χ3n) is 2.48. The van der Waals surface area contributed by atoms with Crippen LogP contribution in [-0.2, 0) is 0 Å². The molecular formula is C13H7BrFNO5. The fourth-order valence-corrected chi connectivity index (χ4v) is 2.08. The molecule has 0 aliphatic rings. The minimum absolute atomic E-state index is 0.0324. The minimum Gasteiger partial charge on any atom is -0.478 e. The minimum atomic E-state index is -1.20. The maximum absolute atomic E-state index is 13.7. The molecule has 8 heteroatoms. The summed E-state index contributed by atoms with van der Waals surface area (Å²) in [6.45, 7) is 0. The van der Waals surface area contributed by atoms with Crippen LogP contribution < -0.4 is 4.74 Å². The molecule has 0 atom stereocenters. The van der Waals surface area contributed by atoms with Crippen molar-refractivity contribution in [1.82, 2.24) is 0 Å². The summed E-state index contributed by atoms with van der Waals surface area (Å²) < 4.78 is 19.2. The Morgan fingerprint density at radius 3 is 2.67 bits per heavy atom. The fourth-order valence-electron chi connectivity index (χ4n) is 1.61. The third-order valence-corrected chi connectivity index (χ3v) is 2.94. The maximum atomic E-state index is 13.7. The van der Waals surface area contributed by atoms with Crippen molar-refractivity contribution in [1.29, 1.82) is 0 Å². The van der Waals surface area contributed by atoms with E-state index in [0.29, 0.717) is 4.47 Å². The zero-order chi connectivity index (χ0) is 15.6. The van der Waals surface area contributed by atoms with Gasteiger partial charge in [0.2, 0.25) is 5.75 Å². The molecular weight excluding hydrogens is 349 g/mol. The average molecular weight is 356 g/mol. The smallest absolute Gasteiger partial charge is 0.335 e. The summed E-state index contributed by atoms with van der Waals surface area (Å²) in [7, 11) is 0. The summed E-state index contributed by atoms with van der Waals surface area (Å²) in [4.78, 5) is 21.0. The quantitative estimate of drug-likeness (QED) is 0.661. The molecule has 2 aromatic carbocycles. The monoisotopic (exact) mass is 355 g/mol. The molecule has 21 heavy (non-hydrogen) atoms. The molecule has 0 unspecified atom stereocenters. The van der Waals surface area contributed by atoms with Crippen molar-refractivity contribution in [2.24, 2.45) is 0 Å². The van der Waals surface area contributed by atoms with Crippen LogP contribution in [0.2, 0.25) is 0 Å². The van der Waals surface area contributed by atoms with Crippen LogP contribution in [0.25, 0.3) is 0 Å². The van der Waals surface area contributed by atoms with Crippen molar-refractivity contribution in [3.8, 4) is 11.5 Å². The van der Waals surface area contributed by atoms with Crippen molar-refractivity contribution in [2.45, 2.75) is 0 Å². The van der Waals surface area contributed by atoms with Gasteiger partial charge in [0.25, 0.3) is 0 Å².